The third-order valence-electron chi connectivity index (χ3n) is 6.19. The molecule has 2 heterocycles. The fourth-order valence-corrected chi connectivity index (χ4v) is 4.90. The number of pyridine rings is 1. The molecule has 0 bridgehead atoms. The lowest BCUT2D eigenvalue weighted by molar-refractivity contribution is 0.101. The first-order valence-electron chi connectivity index (χ1n) is 10.7. The maximum Gasteiger partial charge on any atom is 0.264 e. The van der Waals surface area contributed by atoms with Gasteiger partial charge in [0.1, 0.15) is 5.75 Å². The van der Waals surface area contributed by atoms with Crippen molar-refractivity contribution >= 4 is 55.0 Å². The van der Waals surface area contributed by atoms with Gasteiger partial charge < -0.3 is 4.74 Å². The first-order chi connectivity index (χ1) is 16.0. The summed E-state index contributed by atoms with van der Waals surface area (Å²) in [5.41, 5.74) is 7.20. The van der Waals surface area contributed by atoms with Crippen LogP contribution in [0.4, 0.5) is 11.4 Å². The van der Waals surface area contributed by atoms with Crippen LogP contribution in [-0.4, -0.2) is 18.0 Å². The molecule has 0 N–H and O–H groups in total. The third kappa shape index (κ3) is 3.11. The normalized spacial score (nSPS) is 12.7. The summed E-state index contributed by atoms with van der Waals surface area (Å²) in [7, 11) is 1.66. The lowest BCUT2D eigenvalue weighted by Gasteiger charge is -2.19. The number of ether oxygens (including phenoxy) is 1. The van der Waals surface area contributed by atoms with Crippen molar-refractivity contribution in [1.82, 2.24) is 4.98 Å². The van der Waals surface area contributed by atoms with Crippen molar-refractivity contribution in [1.29, 1.82) is 0 Å². The lowest BCUT2D eigenvalue weighted by atomic mass is 9.99. The predicted molar refractivity (Wildman–Crippen MR) is 137 cm³/mol. The number of hydrogen-bond donors (Lipinski definition) is 0. The number of nitrogens with zero attached hydrogens (tertiary/aromatic N) is 2. The Hall–Kier alpha value is -3.70. The minimum Gasteiger partial charge on any atom is -0.497 e. The highest BCUT2D eigenvalue weighted by Gasteiger charge is 2.34. The van der Waals surface area contributed by atoms with E-state index in [-0.39, 0.29) is 5.91 Å². The summed E-state index contributed by atoms with van der Waals surface area (Å²) < 4.78 is 6.25. The molecule has 0 aliphatic carbocycles. The van der Waals surface area contributed by atoms with Crippen LogP contribution in [0, 0.1) is 6.92 Å². The maximum absolute atomic E-state index is 13.9. The Kier molecular flexibility index (Phi) is 4.49. The second-order valence-electron chi connectivity index (χ2n) is 8.24. The van der Waals surface area contributed by atoms with Crippen LogP contribution in [0.2, 0.25) is 0 Å². The van der Waals surface area contributed by atoms with Crippen molar-refractivity contribution in [2.45, 2.75) is 6.92 Å². The number of hydrogen-bond acceptors (Lipinski definition) is 3. The summed E-state index contributed by atoms with van der Waals surface area (Å²) in [5.74, 6) is 0.775. The van der Waals surface area contributed by atoms with E-state index >= 15 is 0 Å². The van der Waals surface area contributed by atoms with E-state index in [1.54, 1.807) is 7.11 Å². The third-order valence-corrected chi connectivity index (χ3v) is 6.68. The molecular formula is C28H19BrN2O2. The Labute approximate surface area is 199 Å². The topological polar surface area (TPSA) is 42.4 Å². The van der Waals surface area contributed by atoms with Gasteiger partial charge in [0.25, 0.3) is 5.91 Å². The standard InChI is InChI=1S/C28H19BrN2O2/c1-16-3-8-20(9-4-16)31-25-14-18(17-5-10-21(33-2)11-6-17)13-24-27(25)26(28(31)32)22-12-7-19(29)15-23(22)30-24/h3-15H,1-2H3. The molecule has 1 aromatic heterocycles. The van der Waals surface area contributed by atoms with Crippen LogP contribution in [0.25, 0.3) is 32.9 Å². The van der Waals surface area contributed by atoms with E-state index in [2.05, 4.69) is 28.1 Å². The molecular weight excluding hydrogens is 476 g/mol. The van der Waals surface area contributed by atoms with E-state index < -0.39 is 0 Å². The van der Waals surface area contributed by atoms with Gasteiger partial charge in [-0.25, -0.2) is 4.98 Å². The van der Waals surface area contributed by atoms with Crippen molar-refractivity contribution in [2.24, 2.45) is 0 Å². The monoisotopic (exact) mass is 494 g/mol. The first kappa shape index (κ1) is 19.9. The zero-order valence-electron chi connectivity index (χ0n) is 18.1. The predicted octanol–water partition coefficient (Wildman–Crippen LogP) is 7.43. The molecule has 0 saturated carbocycles. The van der Waals surface area contributed by atoms with Crippen LogP contribution in [-0.2, 0) is 0 Å². The van der Waals surface area contributed by atoms with Gasteiger partial charge in [0, 0.05) is 20.9 Å². The molecule has 0 atom stereocenters. The minimum absolute atomic E-state index is 0.0274. The molecule has 0 spiro atoms. The molecule has 1 aliphatic rings. The summed E-state index contributed by atoms with van der Waals surface area (Å²) in [6, 6.07) is 26.0. The zero-order chi connectivity index (χ0) is 22.7. The van der Waals surface area contributed by atoms with Crippen LogP contribution >= 0.6 is 15.9 Å². The van der Waals surface area contributed by atoms with Crippen molar-refractivity contribution < 1.29 is 9.53 Å². The number of anilines is 2. The molecule has 0 fully saturated rings. The van der Waals surface area contributed by atoms with Crippen molar-refractivity contribution in [3.63, 3.8) is 0 Å². The average Bonchev–Trinajstić information content (AvgIpc) is 3.12. The number of amides is 1. The second kappa shape index (κ2) is 7.42. The van der Waals surface area contributed by atoms with Crippen LogP contribution < -0.4 is 9.64 Å². The number of benzene rings is 4. The van der Waals surface area contributed by atoms with Gasteiger partial charge in [-0.15, -0.1) is 0 Å². The zero-order valence-corrected chi connectivity index (χ0v) is 19.7. The maximum atomic E-state index is 13.9. The summed E-state index contributed by atoms with van der Waals surface area (Å²) in [6.45, 7) is 2.04. The van der Waals surface area contributed by atoms with Gasteiger partial charge in [-0.2, -0.15) is 0 Å². The SMILES string of the molecule is COc1ccc(-c2cc3c4c(c5ccc(Br)cc5nc4c2)C(=O)N3c2ccc(C)cc2)cc1. The van der Waals surface area contributed by atoms with E-state index in [4.69, 9.17) is 9.72 Å². The van der Waals surface area contributed by atoms with E-state index in [0.717, 1.165) is 60.1 Å². The number of aryl methyl sites for hydroxylation is 1. The van der Waals surface area contributed by atoms with Crippen LogP contribution in [0.5, 0.6) is 5.75 Å². The summed E-state index contributed by atoms with van der Waals surface area (Å²) in [6.07, 6.45) is 0. The molecule has 5 heteroatoms. The average molecular weight is 495 g/mol. The number of carbonyl (C=O) groups excluding carboxylic acids is 1. The van der Waals surface area contributed by atoms with E-state index in [9.17, 15) is 4.79 Å². The number of halogens is 1. The van der Waals surface area contributed by atoms with Crippen molar-refractivity contribution in [3.8, 4) is 16.9 Å². The summed E-state index contributed by atoms with van der Waals surface area (Å²) in [4.78, 5) is 20.6. The van der Waals surface area contributed by atoms with Gasteiger partial charge in [0.2, 0.25) is 0 Å². The molecule has 4 aromatic carbocycles. The highest BCUT2D eigenvalue weighted by atomic mass is 79.9. The fourth-order valence-electron chi connectivity index (χ4n) is 4.55. The van der Waals surface area contributed by atoms with Gasteiger partial charge in [0.05, 0.1) is 29.4 Å². The minimum atomic E-state index is -0.0274. The largest absolute Gasteiger partial charge is 0.497 e. The van der Waals surface area contributed by atoms with Crippen LogP contribution in [0.1, 0.15) is 15.9 Å². The first-order valence-corrected chi connectivity index (χ1v) is 11.5. The van der Waals surface area contributed by atoms with Crippen molar-refractivity contribution in [3.05, 3.63) is 94.5 Å². The molecule has 1 amide bonds. The molecule has 0 radical (unpaired) electrons. The van der Waals surface area contributed by atoms with Crippen molar-refractivity contribution in [2.75, 3.05) is 12.0 Å². The molecule has 1 aliphatic heterocycles. The Morgan fingerprint density at radius 1 is 0.848 bits per heavy atom. The molecule has 0 unspecified atom stereocenters. The number of methoxy groups -OCH3 is 1. The number of fused-ring (bicyclic) bond motifs is 2. The molecule has 4 nitrogen and oxygen atoms in total. The van der Waals surface area contributed by atoms with Gasteiger partial charge in [-0.3, -0.25) is 9.69 Å². The smallest absolute Gasteiger partial charge is 0.264 e. The van der Waals surface area contributed by atoms with Gasteiger partial charge in [-0.05, 0) is 66.6 Å². The Balaban J connectivity index is 1.67. The Morgan fingerprint density at radius 3 is 2.33 bits per heavy atom. The molecule has 33 heavy (non-hydrogen) atoms. The number of carbonyl (C=O) groups is 1. The van der Waals surface area contributed by atoms with Crippen LogP contribution in [0.3, 0.4) is 0 Å². The van der Waals surface area contributed by atoms with Gasteiger partial charge >= 0.3 is 0 Å². The molecule has 5 aromatic rings. The summed E-state index contributed by atoms with van der Waals surface area (Å²) in [5, 5.41) is 1.76. The number of rotatable bonds is 3. The highest BCUT2D eigenvalue weighted by molar-refractivity contribution is 9.10. The fraction of sp³-hybridized carbons (Fsp3) is 0.0714. The van der Waals surface area contributed by atoms with Gasteiger partial charge in [-0.1, -0.05) is 51.8 Å². The molecule has 0 saturated heterocycles. The number of aromatic nitrogens is 1. The summed E-state index contributed by atoms with van der Waals surface area (Å²) >= 11 is 3.54. The second-order valence-corrected chi connectivity index (χ2v) is 9.16. The quantitative estimate of drug-likeness (QED) is 0.245. The van der Waals surface area contributed by atoms with E-state index in [0.29, 0.717) is 5.56 Å². The van der Waals surface area contributed by atoms with Crippen LogP contribution in [0.15, 0.2) is 83.3 Å². The Morgan fingerprint density at radius 2 is 1.61 bits per heavy atom. The molecule has 6 rings (SSSR count). The molecule has 160 valence electrons. The lowest BCUT2D eigenvalue weighted by Crippen LogP contribution is -2.21. The highest BCUT2D eigenvalue weighted by Crippen LogP contribution is 2.46. The Bertz CT molecular complexity index is 1580. The van der Waals surface area contributed by atoms with E-state index in [1.165, 1.54) is 0 Å². The van der Waals surface area contributed by atoms with E-state index in [1.807, 2.05) is 78.6 Å². The van der Waals surface area contributed by atoms with Gasteiger partial charge in [0.15, 0.2) is 0 Å².